The number of halogens is 2. The lowest BCUT2D eigenvalue weighted by Crippen LogP contribution is -2.44. The number of nitrogens with one attached hydrogen (secondary N) is 1. The standard InChI is InChI=1S/C18H19Cl2NO3/c1-23-17(18(22)24-2)16(21-20)10-12-6-8-13(9-7-12)14-4-3-5-15(19)11-14/h3-9,11,16-17,21H,10H2,1-2H3/t16-,17-/m1/s1. The molecule has 0 heterocycles. The second-order valence-electron chi connectivity index (χ2n) is 5.31. The maximum absolute atomic E-state index is 11.7. The Labute approximate surface area is 151 Å². The smallest absolute Gasteiger partial charge is 0.336 e. The summed E-state index contributed by atoms with van der Waals surface area (Å²) in [5.41, 5.74) is 3.13. The van der Waals surface area contributed by atoms with E-state index < -0.39 is 18.1 Å². The van der Waals surface area contributed by atoms with Gasteiger partial charge in [0, 0.05) is 12.1 Å². The summed E-state index contributed by atoms with van der Waals surface area (Å²) >= 11 is 11.8. The molecule has 0 unspecified atom stereocenters. The van der Waals surface area contributed by atoms with E-state index in [0.717, 1.165) is 16.7 Å². The van der Waals surface area contributed by atoms with Crippen LogP contribution in [-0.4, -0.2) is 32.3 Å². The zero-order valence-electron chi connectivity index (χ0n) is 13.5. The summed E-state index contributed by atoms with van der Waals surface area (Å²) in [5, 5.41) is 0.698. The number of carbonyl (C=O) groups is 1. The van der Waals surface area contributed by atoms with Crippen molar-refractivity contribution in [1.29, 1.82) is 0 Å². The Kier molecular flexibility index (Phi) is 7.06. The summed E-state index contributed by atoms with van der Waals surface area (Å²) in [5.74, 6) is -0.466. The highest BCUT2D eigenvalue weighted by molar-refractivity contribution is 6.30. The van der Waals surface area contributed by atoms with Gasteiger partial charge >= 0.3 is 5.97 Å². The quantitative estimate of drug-likeness (QED) is 0.596. The Morgan fingerprint density at radius 1 is 1.12 bits per heavy atom. The van der Waals surface area contributed by atoms with Crippen molar-refractivity contribution in [1.82, 2.24) is 4.84 Å². The summed E-state index contributed by atoms with van der Waals surface area (Å²) in [7, 11) is 2.77. The molecule has 0 aliphatic heterocycles. The average Bonchev–Trinajstić information content (AvgIpc) is 2.61. The molecule has 24 heavy (non-hydrogen) atoms. The molecule has 0 amide bonds. The first-order valence-corrected chi connectivity index (χ1v) is 8.16. The summed E-state index contributed by atoms with van der Waals surface area (Å²) in [6, 6.07) is 15.3. The molecule has 0 radical (unpaired) electrons. The van der Waals surface area contributed by atoms with E-state index in [4.69, 9.17) is 32.9 Å². The van der Waals surface area contributed by atoms with Crippen LogP contribution in [0.5, 0.6) is 0 Å². The van der Waals surface area contributed by atoms with Gasteiger partial charge < -0.3 is 9.47 Å². The minimum Gasteiger partial charge on any atom is -0.467 e. The predicted octanol–water partition coefficient (Wildman–Crippen LogP) is 3.85. The fraction of sp³-hybridized carbons (Fsp3) is 0.278. The average molecular weight is 368 g/mol. The molecule has 0 aliphatic rings. The minimum atomic E-state index is -0.778. The van der Waals surface area contributed by atoms with Crippen molar-refractivity contribution in [3.8, 4) is 11.1 Å². The molecule has 0 spiro atoms. The van der Waals surface area contributed by atoms with Crippen LogP contribution in [0.2, 0.25) is 5.02 Å². The molecule has 0 fully saturated rings. The van der Waals surface area contributed by atoms with Gasteiger partial charge in [-0.15, -0.1) is 0 Å². The number of rotatable bonds is 7. The lowest BCUT2D eigenvalue weighted by atomic mass is 9.98. The number of hydrogen-bond donors (Lipinski definition) is 1. The van der Waals surface area contributed by atoms with Gasteiger partial charge in [-0.2, -0.15) is 0 Å². The fourth-order valence-electron chi connectivity index (χ4n) is 2.50. The Morgan fingerprint density at radius 3 is 2.38 bits per heavy atom. The van der Waals surface area contributed by atoms with Crippen molar-refractivity contribution in [3.63, 3.8) is 0 Å². The lowest BCUT2D eigenvalue weighted by Gasteiger charge is -2.22. The zero-order chi connectivity index (χ0) is 17.5. The number of esters is 1. The summed E-state index contributed by atoms with van der Waals surface area (Å²) in [6.45, 7) is 0. The molecule has 0 saturated carbocycles. The Bertz CT molecular complexity index is 676. The van der Waals surface area contributed by atoms with E-state index >= 15 is 0 Å². The van der Waals surface area contributed by atoms with Gasteiger partial charge in [0.15, 0.2) is 6.10 Å². The monoisotopic (exact) mass is 367 g/mol. The van der Waals surface area contributed by atoms with Crippen LogP contribution in [0.4, 0.5) is 0 Å². The normalized spacial score (nSPS) is 13.3. The van der Waals surface area contributed by atoms with Gasteiger partial charge in [0.05, 0.1) is 13.2 Å². The van der Waals surface area contributed by atoms with Crippen LogP contribution >= 0.6 is 23.4 Å². The molecule has 2 atom stereocenters. The third-order valence-corrected chi connectivity index (χ3v) is 4.28. The van der Waals surface area contributed by atoms with Crippen molar-refractivity contribution in [2.45, 2.75) is 18.6 Å². The van der Waals surface area contributed by atoms with E-state index in [1.54, 1.807) is 0 Å². The van der Waals surface area contributed by atoms with Crippen molar-refractivity contribution < 1.29 is 14.3 Å². The molecule has 6 heteroatoms. The highest BCUT2D eigenvalue weighted by Gasteiger charge is 2.28. The predicted molar refractivity (Wildman–Crippen MR) is 96.2 cm³/mol. The first kappa shape index (κ1) is 18.7. The fourth-order valence-corrected chi connectivity index (χ4v) is 2.88. The maximum atomic E-state index is 11.7. The molecule has 0 bridgehead atoms. The van der Waals surface area contributed by atoms with Crippen LogP contribution in [0.1, 0.15) is 5.56 Å². The molecule has 2 aromatic rings. The Morgan fingerprint density at radius 2 is 1.83 bits per heavy atom. The molecular weight excluding hydrogens is 349 g/mol. The number of hydrogen-bond acceptors (Lipinski definition) is 4. The number of methoxy groups -OCH3 is 2. The highest BCUT2D eigenvalue weighted by atomic mass is 35.5. The van der Waals surface area contributed by atoms with E-state index in [0.29, 0.717) is 11.4 Å². The minimum absolute atomic E-state index is 0.402. The van der Waals surface area contributed by atoms with Gasteiger partial charge in [-0.3, -0.25) is 0 Å². The van der Waals surface area contributed by atoms with Crippen LogP contribution in [-0.2, 0) is 20.7 Å². The molecule has 2 aromatic carbocycles. The van der Waals surface area contributed by atoms with Gasteiger partial charge in [-0.25, -0.2) is 9.63 Å². The first-order chi connectivity index (χ1) is 11.6. The highest BCUT2D eigenvalue weighted by Crippen LogP contribution is 2.23. The summed E-state index contributed by atoms with van der Waals surface area (Å²) in [6.07, 6.45) is -0.257. The van der Waals surface area contributed by atoms with Crippen molar-refractivity contribution in [2.75, 3.05) is 14.2 Å². The molecule has 128 valence electrons. The SMILES string of the molecule is COC(=O)[C@H](OC)[C@@H](Cc1ccc(-c2cccc(Cl)c2)cc1)NCl. The van der Waals surface area contributed by atoms with Crippen LogP contribution in [0, 0.1) is 0 Å². The van der Waals surface area contributed by atoms with Crippen molar-refractivity contribution >= 4 is 29.3 Å². The second kappa shape index (κ2) is 9.04. The largest absolute Gasteiger partial charge is 0.467 e. The van der Waals surface area contributed by atoms with Gasteiger partial charge in [0.25, 0.3) is 0 Å². The lowest BCUT2D eigenvalue weighted by molar-refractivity contribution is -0.153. The van der Waals surface area contributed by atoms with Crippen LogP contribution < -0.4 is 4.84 Å². The first-order valence-electron chi connectivity index (χ1n) is 7.40. The number of benzene rings is 2. The summed E-state index contributed by atoms with van der Waals surface area (Å²) in [4.78, 5) is 14.3. The second-order valence-corrected chi connectivity index (χ2v) is 5.96. The maximum Gasteiger partial charge on any atom is 0.336 e. The topological polar surface area (TPSA) is 47.6 Å². The van der Waals surface area contributed by atoms with Gasteiger partial charge in [-0.1, -0.05) is 48.0 Å². The molecular formula is C18H19Cl2NO3. The Balaban J connectivity index is 2.13. The molecule has 0 saturated heterocycles. The van der Waals surface area contributed by atoms with E-state index in [1.165, 1.54) is 14.2 Å². The molecule has 0 aliphatic carbocycles. The third-order valence-electron chi connectivity index (χ3n) is 3.76. The van der Waals surface area contributed by atoms with Gasteiger partial charge in [0.2, 0.25) is 0 Å². The van der Waals surface area contributed by atoms with Crippen LogP contribution in [0.3, 0.4) is 0 Å². The molecule has 0 aromatic heterocycles. The van der Waals surface area contributed by atoms with Crippen molar-refractivity contribution in [3.05, 3.63) is 59.1 Å². The third kappa shape index (κ3) is 4.71. The number of carbonyl (C=O) groups excluding carboxylic acids is 1. The van der Waals surface area contributed by atoms with Gasteiger partial charge in [0.1, 0.15) is 0 Å². The zero-order valence-corrected chi connectivity index (χ0v) is 15.0. The van der Waals surface area contributed by atoms with Gasteiger partial charge in [-0.05, 0) is 47.0 Å². The van der Waals surface area contributed by atoms with Crippen LogP contribution in [0.15, 0.2) is 48.5 Å². The Hall–Kier alpha value is -1.59. The van der Waals surface area contributed by atoms with E-state index in [-0.39, 0.29) is 0 Å². The molecule has 4 nitrogen and oxygen atoms in total. The van der Waals surface area contributed by atoms with E-state index in [2.05, 4.69) is 4.84 Å². The summed E-state index contributed by atoms with van der Waals surface area (Å²) < 4.78 is 9.94. The number of ether oxygens (including phenoxy) is 2. The van der Waals surface area contributed by atoms with Crippen molar-refractivity contribution in [2.24, 2.45) is 0 Å². The molecule has 2 rings (SSSR count). The molecule has 1 N–H and O–H groups in total. The van der Waals surface area contributed by atoms with Crippen LogP contribution in [0.25, 0.3) is 11.1 Å². The van der Waals surface area contributed by atoms with E-state index in [9.17, 15) is 4.79 Å². The van der Waals surface area contributed by atoms with E-state index in [1.807, 2.05) is 48.5 Å².